The van der Waals surface area contributed by atoms with Crippen molar-refractivity contribution in [3.63, 3.8) is 0 Å². The van der Waals surface area contributed by atoms with Gasteiger partial charge < -0.3 is 10.8 Å². The van der Waals surface area contributed by atoms with E-state index in [0.717, 1.165) is 10.0 Å². The number of aliphatic hydroxyl groups is 1. The molecule has 0 unspecified atom stereocenters. The fraction of sp³-hybridized carbons (Fsp3) is 0.300. The quantitative estimate of drug-likeness (QED) is 0.844. The molecule has 0 amide bonds. The van der Waals surface area contributed by atoms with Crippen LogP contribution in [0.4, 0.5) is 0 Å². The van der Waals surface area contributed by atoms with Crippen molar-refractivity contribution >= 4 is 15.9 Å². The second kappa shape index (κ2) is 4.56. The highest BCUT2D eigenvalue weighted by Crippen LogP contribution is 2.21. The standard InChI is InChI=1S/C10H11BrN2O/c1-6(14)10(13)8-2-7(5-12)3-9(11)4-8/h2-4,6,10,14H,13H2,1H3/t6-,10-/m1/s1. The number of hydrogen-bond donors (Lipinski definition) is 2. The zero-order valence-corrected chi connectivity index (χ0v) is 9.32. The molecule has 3 nitrogen and oxygen atoms in total. The summed E-state index contributed by atoms with van der Waals surface area (Å²) in [6.07, 6.45) is -0.629. The summed E-state index contributed by atoms with van der Waals surface area (Å²) in [6.45, 7) is 1.62. The first-order valence-electron chi connectivity index (χ1n) is 4.19. The van der Waals surface area contributed by atoms with Gasteiger partial charge in [0.2, 0.25) is 0 Å². The fourth-order valence-electron chi connectivity index (χ4n) is 1.15. The molecule has 0 aliphatic rings. The number of rotatable bonds is 2. The van der Waals surface area contributed by atoms with E-state index in [9.17, 15) is 5.11 Å². The lowest BCUT2D eigenvalue weighted by Gasteiger charge is -2.15. The third-order valence-electron chi connectivity index (χ3n) is 1.95. The van der Waals surface area contributed by atoms with E-state index in [0.29, 0.717) is 5.56 Å². The summed E-state index contributed by atoms with van der Waals surface area (Å²) >= 11 is 3.28. The van der Waals surface area contributed by atoms with Gasteiger partial charge in [0.1, 0.15) is 0 Å². The van der Waals surface area contributed by atoms with Gasteiger partial charge in [0.25, 0.3) is 0 Å². The molecule has 74 valence electrons. The first kappa shape index (κ1) is 11.2. The highest BCUT2D eigenvalue weighted by atomic mass is 79.9. The molecule has 4 heteroatoms. The summed E-state index contributed by atoms with van der Waals surface area (Å²) in [5.74, 6) is 0. The SMILES string of the molecule is C[C@@H](O)[C@@H](N)c1cc(Br)cc(C#N)c1. The highest BCUT2D eigenvalue weighted by Gasteiger charge is 2.13. The van der Waals surface area contributed by atoms with Gasteiger partial charge in [-0.05, 0) is 30.7 Å². The molecule has 3 N–H and O–H groups in total. The Labute approximate surface area is 91.3 Å². The minimum atomic E-state index is -0.629. The van der Waals surface area contributed by atoms with E-state index in [2.05, 4.69) is 15.9 Å². The van der Waals surface area contributed by atoms with Crippen LogP contribution in [0.3, 0.4) is 0 Å². The summed E-state index contributed by atoms with van der Waals surface area (Å²) < 4.78 is 0.794. The Hall–Kier alpha value is -0.890. The second-order valence-corrected chi connectivity index (χ2v) is 4.07. The molecule has 1 aromatic carbocycles. The summed E-state index contributed by atoms with van der Waals surface area (Å²) in [4.78, 5) is 0. The Bertz CT molecular complexity index is 371. The molecule has 0 bridgehead atoms. The molecule has 0 saturated carbocycles. The lowest BCUT2D eigenvalue weighted by Crippen LogP contribution is -2.23. The van der Waals surface area contributed by atoms with Crippen LogP contribution in [-0.4, -0.2) is 11.2 Å². The van der Waals surface area contributed by atoms with E-state index < -0.39 is 12.1 Å². The van der Waals surface area contributed by atoms with Crippen molar-refractivity contribution in [1.29, 1.82) is 5.26 Å². The van der Waals surface area contributed by atoms with Gasteiger partial charge in [-0.2, -0.15) is 5.26 Å². The molecule has 0 fully saturated rings. The van der Waals surface area contributed by atoms with E-state index in [-0.39, 0.29) is 0 Å². The van der Waals surface area contributed by atoms with Gasteiger partial charge in [-0.25, -0.2) is 0 Å². The van der Waals surface area contributed by atoms with E-state index in [1.165, 1.54) is 0 Å². The average Bonchev–Trinajstić information content (AvgIpc) is 2.15. The second-order valence-electron chi connectivity index (χ2n) is 3.15. The van der Waals surface area contributed by atoms with E-state index in [1.807, 2.05) is 6.07 Å². The molecule has 0 heterocycles. The zero-order valence-electron chi connectivity index (χ0n) is 7.74. The topological polar surface area (TPSA) is 70.0 Å². The van der Waals surface area contributed by atoms with Crippen molar-refractivity contribution in [2.24, 2.45) is 5.73 Å². The molecule has 1 rings (SSSR count). The van der Waals surface area contributed by atoms with Crippen LogP contribution >= 0.6 is 15.9 Å². The fourth-order valence-corrected chi connectivity index (χ4v) is 1.66. The number of aliphatic hydroxyl groups excluding tert-OH is 1. The Morgan fingerprint density at radius 3 is 2.64 bits per heavy atom. The van der Waals surface area contributed by atoms with Crippen LogP contribution < -0.4 is 5.73 Å². The molecule has 1 aromatic rings. The van der Waals surface area contributed by atoms with E-state index >= 15 is 0 Å². The van der Waals surface area contributed by atoms with Crippen molar-refractivity contribution in [3.8, 4) is 6.07 Å². The minimum Gasteiger partial charge on any atom is -0.391 e. The van der Waals surface area contributed by atoms with Gasteiger partial charge in [-0.15, -0.1) is 0 Å². The molecule has 0 spiro atoms. The molecule has 14 heavy (non-hydrogen) atoms. The van der Waals surface area contributed by atoms with Crippen LogP contribution in [0.25, 0.3) is 0 Å². The summed E-state index contributed by atoms with van der Waals surface area (Å²) in [6, 6.07) is 6.77. The summed E-state index contributed by atoms with van der Waals surface area (Å²) in [5.41, 5.74) is 7.04. The number of nitrogens with two attached hydrogens (primary N) is 1. The number of nitriles is 1. The van der Waals surface area contributed by atoms with Crippen molar-refractivity contribution in [1.82, 2.24) is 0 Å². The summed E-state index contributed by atoms with van der Waals surface area (Å²) in [5, 5.41) is 18.0. The molecular weight excluding hydrogens is 244 g/mol. The molecule has 0 aromatic heterocycles. The molecular formula is C10H11BrN2O. The van der Waals surface area contributed by atoms with Crippen LogP contribution in [-0.2, 0) is 0 Å². The van der Waals surface area contributed by atoms with Crippen molar-refractivity contribution < 1.29 is 5.11 Å². The smallest absolute Gasteiger partial charge is 0.0992 e. The van der Waals surface area contributed by atoms with Gasteiger partial charge in [-0.3, -0.25) is 0 Å². The lowest BCUT2D eigenvalue weighted by atomic mass is 10.0. The van der Waals surface area contributed by atoms with Gasteiger partial charge >= 0.3 is 0 Å². The monoisotopic (exact) mass is 254 g/mol. The van der Waals surface area contributed by atoms with E-state index in [4.69, 9.17) is 11.0 Å². The van der Waals surface area contributed by atoms with Gasteiger partial charge in [0, 0.05) is 4.47 Å². The van der Waals surface area contributed by atoms with Crippen LogP contribution in [0.15, 0.2) is 22.7 Å². The minimum absolute atomic E-state index is 0.459. The van der Waals surface area contributed by atoms with Crippen molar-refractivity contribution in [2.45, 2.75) is 19.1 Å². The molecule has 0 saturated heterocycles. The third kappa shape index (κ3) is 2.55. The van der Waals surface area contributed by atoms with Crippen molar-refractivity contribution in [3.05, 3.63) is 33.8 Å². The van der Waals surface area contributed by atoms with Crippen LogP contribution in [0.2, 0.25) is 0 Å². The van der Waals surface area contributed by atoms with Crippen molar-refractivity contribution in [2.75, 3.05) is 0 Å². The van der Waals surface area contributed by atoms with Gasteiger partial charge in [0.15, 0.2) is 0 Å². The molecule has 0 aliphatic carbocycles. The highest BCUT2D eigenvalue weighted by molar-refractivity contribution is 9.10. The number of halogens is 1. The summed E-state index contributed by atoms with van der Waals surface area (Å²) in [7, 11) is 0. The van der Waals surface area contributed by atoms with E-state index in [1.54, 1.807) is 25.1 Å². The van der Waals surface area contributed by atoms with Crippen LogP contribution in [0.5, 0.6) is 0 Å². The molecule has 2 atom stereocenters. The molecule has 0 radical (unpaired) electrons. The average molecular weight is 255 g/mol. The Kier molecular flexibility index (Phi) is 3.64. The Morgan fingerprint density at radius 2 is 2.14 bits per heavy atom. The van der Waals surface area contributed by atoms with Gasteiger partial charge in [-0.1, -0.05) is 15.9 Å². The van der Waals surface area contributed by atoms with Gasteiger partial charge in [0.05, 0.1) is 23.8 Å². The number of benzene rings is 1. The van der Waals surface area contributed by atoms with Crippen LogP contribution in [0, 0.1) is 11.3 Å². The zero-order chi connectivity index (χ0) is 10.7. The maximum absolute atomic E-state index is 9.31. The predicted octanol–water partition coefficient (Wildman–Crippen LogP) is 1.70. The Morgan fingerprint density at radius 1 is 1.50 bits per heavy atom. The first-order chi connectivity index (χ1) is 6.54. The first-order valence-corrected chi connectivity index (χ1v) is 4.98. The maximum Gasteiger partial charge on any atom is 0.0992 e. The maximum atomic E-state index is 9.31. The molecule has 0 aliphatic heterocycles. The third-order valence-corrected chi connectivity index (χ3v) is 2.41. The Balaban J connectivity index is 3.10. The normalized spacial score (nSPS) is 14.5. The largest absolute Gasteiger partial charge is 0.391 e. The van der Waals surface area contributed by atoms with Crippen LogP contribution in [0.1, 0.15) is 24.1 Å². The lowest BCUT2D eigenvalue weighted by molar-refractivity contribution is 0.164. The predicted molar refractivity (Wildman–Crippen MR) is 57.5 cm³/mol. The number of nitrogens with zero attached hydrogens (tertiary/aromatic N) is 1. The number of hydrogen-bond acceptors (Lipinski definition) is 3.